The van der Waals surface area contributed by atoms with Gasteiger partial charge in [-0.05, 0) is 18.6 Å². The van der Waals surface area contributed by atoms with Gasteiger partial charge in [0.15, 0.2) is 0 Å². The van der Waals surface area contributed by atoms with Crippen LogP contribution >= 0.6 is 0 Å². The summed E-state index contributed by atoms with van der Waals surface area (Å²) in [7, 11) is 0. The Morgan fingerprint density at radius 3 is 2.81 bits per heavy atom. The number of nitrogens with one attached hydrogen (secondary N) is 1. The van der Waals surface area contributed by atoms with Crippen LogP contribution in [0.15, 0.2) is 48.8 Å². The highest BCUT2D eigenvalue weighted by atomic mass is 16.5. The van der Waals surface area contributed by atoms with Crippen molar-refractivity contribution in [3.8, 4) is 0 Å². The minimum absolute atomic E-state index is 0.310. The van der Waals surface area contributed by atoms with Gasteiger partial charge in [-0.25, -0.2) is 4.98 Å². The Kier molecular flexibility index (Phi) is 3.64. The molecule has 0 amide bonds. The van der Waals surface area contributed by atoms with Crippen molar-refractivity contribution in [3.63, 3.8) is 0 Å². The second kappa shape index (κ2) is 5.75. The van der Waals surface area contributed by atoms with Crippen molar-refractivity contribution in [2.45, 2.75) is 12.8 Å². The number of H-pyrrole nitrogens is 1. The quantitative estimate of drug-likeness (QED) is 0.746. The summed E-state index contributed by atoms with van der Waals surface area (Å²) in [6.07, 6.45) is 3.37. The standard InChI is InChI=1S/C16H15N3O2/c1-2-21-16(20)14(11-6-4-3-5-7-11)15-18-12-8-9-17-10-13(12)19-15/h3-10,14H,2H2,1H3,(H,18,19). The van der Waals surface area contributed by atoms with Gasteiger partial charge in [-0.15, -0.1) is 0 Å². The van der Waals surface area contributed by atoms with Gasteiger partial charge in [0, 0.05) is 6.20 Å². The maximum absolute atomic E-state index is 12.3. The minimum atomic E-state index is -0.557. The van der Waals surface area contributed by atoms with Gasteiger partial charge in [0.1, 0.15) is 11.7 Å². The Morgan fingerprint density at radius 2 is 2.10 bits per heavy atom. The van der Waals surface area contributed by atoms with Crippen LogP contribution in [-0.2, 0) is 9.53 Å². The first-order valence-corrected chi connectivity index (χ1v) is 6.81. The van der Waals surface area contributed by atoms with Crippen molar-refractivity contribution in [2.24, 2.45) is 0 Å². The Labute approximate surface area is 122 Å². The third-order valence-corrected chi connectivity index (χ3v) is 3.23. The van der Waals surface area contributed by atoms with Crippen molar-refractivity contribution >= 4 is 17.0 Å². The minimum Gasteiger partial charge on any atom is -0.465 e. The number of benzene rings is 1. The monoisotopic (exact) mass is 281 g/mol. The van der Waals surface area contributed by atoms with Crippen molar-refractivity contribution in [2.75, 3.05) is 6.61 Å². The molecule has 0 spiro atoms. The summed E-state index contributed by atoms with van der Waals surface area (Å²) in [5.74, 6) is -0.295. The number of esters is 1. The molecule has 1 N–H and O–H groups in total. The summed E-state index contributed by atoms with van der Waals surface area (Å²) in [5.41, 5.74) is 2.44. The van der Waals surface area contributed by atoms with E-state index in [-0.39, 0.29) is 5.97 Å². The molecule has 1 aromatic carbocycles. The van der Waals surface area contributed by atoms with E-state index in [1.54, 1.807) is 19.3 Å². The van der Waals surface area contributed by atoms with E-state index in [4.69, 9.17) is 4.74 Å². The van der Waals surface area contributed by atoms with E-state index < -0.39 is 5.92 Å². The van der Waals surface area contributed by atoms with E-state index in [2.05, 4.69) is 15.0 Å². The summed E-state index contributed by atoms with van der Waals surface area (Å²) in [6, 6.07) is 11.3. The Morgan fingerprint density at radius 1 is 1.29 bits per heavy atom. The van der Waals surface area contributed by atoms with E-state index in [0.29, 0.717) is 12.4 Å². The molecule has 21 heavy (non-hydrogen) atoms. The van der Waals surface area contributed by atoms with E-state index in [1.165, 1.54) is 0 Å². The van der Waals surface area contributed by atoms with Crippen molar-refractivity contribution in [1.82, 2.24) is 15.0 Å². The van der Waals surface area contributed by atoms with Crippen LogP contribution in [0.5, 0.6) is 0 Å². The smallest absolute Gasteiger partial charge is 0.321 e. The van der Waals surface area contributed by atoms with E-state index >= 15 is 0 Å². The molecule has 0 saturated heterocycles. The molecule has 0 radical (unpaired) electrons. The maximum Gasteiger partial charge on any atom is 0.321 e. The third-order valence-electron chi connectivity index (χ3n) is 3.23. The summed E-state index contributed by atoms with van der Waals surface area (Å²) in [6.45, 7) is 2.13. The van der Waals surface area contributed by atoms with Crippen LogP contribution in [0.4, 0.5) is 0 Å². The zero-order valence-corrected chi connectivity index (χ0v) is 11.6. The highest BCUT2D eigenvalue weighted by molar-refractivity contribution is 5.83. The van der Waals surface area contributed by atoms with Gasteiger partial charge in [-0.1, -0.05) is 30.3 Å². The number of imidazole rings is 1. The van der Waals surface area contributed by atoms with Gasteiger partial charge in [0.2, 0.25) is 0 Å². The molecule has 106 valence electrons. The van der Waals surface area contributed by atoms with Gasteiger partial charge in [-0.2, -0.15) is 0 Å². The molecule has 3 aromatic rings. The van der Waals surface area contributed by atoms with Gasteiger partial charge < -0.3 is 9.72 Å². The molecule has 0 bridgehead atoms. The number of pyridine rings is 1. The predicted molar refractivity (Wildman–Crippen MR) is 78.8 cm³/mol. The third kappa shape index (κ3) is 2.63. The fraction of sp³-hybridized carbons (Fsp3) is 0.188. The van der Waals surface area contributed by atoms with E-state index in [9.17, 15) is 4.79 Å². The molecule has 1 atom stereocenters. The lowest BCUT2D eigenvalue weighted by molar-refractivity contribution is -0.144. The number of carbonyl (C=O) groups excluding carboxylic acids is 1. The number of aromatic amines is 1. The second-order valence-electron chi connectivity index (χ2n) is 4.61. The fourth-order valence-corrected chi connectivity index (χ4v) is 2.29. The number of ether oxygens (including phenoxy) is 1. The lowest BCUT2D eigenvalue weighted by atomic mass is 9.98. The highest BCUT2D eigenvalue weighted by Gasteiger charge is 2.27. The van der Waals surface area contributed by atoms with Crippen LogP contribution in [0, 0.1) is 0 Å². The van der Waals surface area contributed by atoms with Gasteiger partial charge in [0.25, 0.3) is 0 Å². The molecule has 0 fully saturated rings. The molecule has 5 heteroatoms. The van der Waals surface area contributed by atoms with Crippen molar-refractivity contribution < 1.29 is 9.53 Å². The lowest BCUT2D eigenvalue weighted by Gasteiger charge is -2.13. The molecule has 2 aromatic heterocycles. The Balaban J connectivity index is 2.08. The lowest BCUT2D eigenvalue weighted by Crippen LogP contribution is -2.18. The molecular formula is C16H15N3O2. The molecule has 0 saturated carbocycles. The first kappa shape index (κ1) is 13.3. The number of hydrogen-bond acceptors (Lipinski definition) is 4. The zero-order chi connectivity index (χ0) is 14.7. The number of aromatic nitrogens is 3. The number of rotatable bonds is 4. The molecule has 0 aliphatic rings. The van der Waals surface area contributed by atoms with Gasteiger partial charge in [-0.3, -0.25) is 9.78 Å². The molecule has 0 aliphatic heterocycles. The van der Waals surface area contributed by atoms with Crippen LogP contribution < -0.4 is 0 Å². The molecule has 5 nitrogen and oxygen atoms in total. The highest BCUT2D eigenvalue weighted by Crippen LogP contribution is 2.25. The van der Waals surface area contributed by atoms with E-state index in [1.807, 2.05) is 36.4 Å². The summed E-state index contributed by atoms with van der Waals surface area (Å²) in [4.78, 5) is 24.0. The van der Waals surface area contributed by atoms with Crippen LogP contribution in [0.1, 0.15) is 24.2 Å². The topological polar surface area (TPSA) is 67.9 Å². The Hall–Kier alpha value is -2.69. The zero-order valence-electron chi connectivity index (χ0n) is 11.6. The van der Waals surface area contributed by atoms with Crippen LogP contribution in [-0.4, -0.2) is 27.5 Å². The van der Waals surface area contributed by atoms with Crippen LogP contribution in [0.3, 0.4) is 0 Å². The summed E-state index contributed by atoms with van der Waals surface area (Å²) >= 11 is 0. The predicted octanol–water partition coefficient (Wildman–Crippen LogP) is 2.65. The van der Waals surface area contributed by atoms with Gasteiger partial charge >= 0.3 is 5.97 Å². The van der Waals surface area contributed by atoms with Crippen molar-refractivity contribution in [3.05, 3.63) is 60.2 Å². The van der Waals surface area contributed by atoms with Gasteiger partial charge in [0.05, 0.1) is 23.8 Å². The van der Waals surface area contributed by atoms with Crippen LogP contribution in [0.2, 0.25) is 0 Å². The maximum atomic E-state index is 12.3. The molecule has 0 aliphatic carbocycles. The molecule has 3 rings (SSSR count). The average molecular weight is 281 g/mol. The fourth-order valence-electron chi connectivity index (χ4n) is 2.29. The molecule has 2 heterocycles. The first-order chi connectivity index (χ1) is 10.3. The number of nitrogens with zero attached hydrogens (tertiary/aromatic N) is 2. The number of hydrogen-bond donors (Lipinski definition) is 1. The largest absolute Gasteiger partial charge is 0.465 e. The number of carbonyl (C=O) groups is 1. The van der Waals surface area contributed by atoms with Crippen molar-refractivity contribution in [1.29, 1.82) is 0 Å². The summed E-state index contributed by atoms with van der Waals surface area (Å²) < 4.78 is 5.19. The first-order valence-electron chi connectivity index (χ1n) is 6.81. The average Bonchev–Trinajstić information content (AvgIpc) is 2.92. The Bertz CT molecular complexity index is 719. The molecule has 1 unspecified atom stereocenters. The normalized spacial score (nSPS) is 12.2. The number of fused-ring (bicyclic) bond motifs is 1. The second-order valence-corrected chi connectivity index (χ2v) is 4.61. The summed E-state index contributed by atoms with van der Waals surface area (Å²) in [5, 5.41) is 0. The molecular weight excluding hydrogens is 266 g/mol. The SMILES string of the molecule is CCOC(=O)C(c1ccccc1)c1nc2ccncc2[nH]1. The van der Waals surface area contributed by atoms with E-state index in [0.717, 1.165) is 16.6 Å². The van der Waals surface area contributed by atoms with Crippen LogP contribution in [0.25, 0.3) is 11.0 Å².